The SMILES string of the molecule is CC(F)(F)COC(=O)C(C)(C)C. The number of ether oxygens (including phenoxy) is 1. The highest BCUT2D eigenvalue weighted by Crippen LogP contribution is 2.18. The first-order valence-electron chi connectivity index (χ1n) is 3.68. The van der Waals surface area contributed by atoms with E-state index in [4.69, 9.17) is 0 Å². The third-order valence-electron chi connectivity index (χ3n) is 1.07. The fourth-order valence-corrected chi connectivity index (χ4v) is 0.409. The molecule has 0 N–H and O–H groups in total. The van der Waals surface area contributed by atoms with Crippen molar-refractivity contribution in [2.45, 2.75) is 33.6 Å². The van der Waals surface area contributed by atoms with E-state index < -0.39 is 23.9 Å². The summed E-state index contributed by atoms with van der Waals surface area (Å²) in [6, 6.07) is 0. The van der Waals surface area contributed by atoms with Gasteiger partial charge in [-0.2, -0.15) is 0 Å². The number of carbonyl (C=O) groups excluding carboxylic acids is 1. The minimum absolute atomic E-state index is 0.607. The van der Waals surface area contributed by atoms with Gasteiger partial charge in [-0.1, -0.05) is 0 Å². The third-order valence-corrected chi connectivity index (χ3v) is 1.07. The first-order chi connectivity index (χ1) is 5.13. The van der Waals surface area contributed by atoms with Crippen molar-refractivity contribution < 1.29 is 18.3 Å². The molecule has 0 rings (SSSR count). The molecule has 0 bridgehead atoms. The van der Waals surface area contributed by atoms with E-state index in [9.17, 15) is 13.6 Å². The highest BCUT2D eigenvalue weighted by molar-refractivity contribution is 5.75. The Labute approximate surface area is 70.9 Å². The fraction of sp³-hybridized carbons (Fsp3) is 0.875. The number of carbonyl (C=O) groups is 1. The van der Waals surface area contributed by atoms with Crippen molar-refractivity contribution in [2.75, 3.05) is 6.61 Å². The van der Waals surface area contributed by atoms with Crippen molar-refractivity contribution in [1.29, 1.82) is 0 Å². The summed E-state index contributed by atoms with van der Waals surface area (Å²) in [6.45, 7) is 4.71. The van der Waals surface area contributed by atoms with Crippen LogP contribution in [-0.2, 0) is 9.53 Å². The van der Waals surface area contributed by atoms with E-state index in [2.05, 4.69) is 4.74 Å². The number of alkyl halides is 2. The van der Waals surface area contributed by atoms with Crippen molar-refractivity contribution >= 4 is 5.97 Å². The van der Waals surface area contributed by atoms with E-state index in [0.29, 0.717) is 6.92 Å². The Morgan fingerprint density at radius 1 is 1.25 bits per heavy atom. The molecule has 0 aliphatic rings. The highest BCUT2D eigenvalue weighted by atomic mass is 19.3. The average molecular weight is 180 g/mol. The topological polar surface area (TPSA) is 26.3 Å². The van der Waals surface area contributed by atoms with Gasteiger partial charge in [0.25, 0.3) is 5.92 Å². The van der Waals surface area contributed by atoms with Gasteiger partial charge in [0.05, 0.1) is 5.41 Å². The standard InChI is InChI=1S/C8H14F2O2/c1-7(2,3)6(11)12-5-8(4,9)10/h5H2,1-4H3. The Morgan fingerprint density at radius 3 is 1.92 bits per heavy atom. The highest BCUT2D eigenvalue weighted by Gasteiger charge is 2.28. The summed E-state index contributed by atoms with van der Waals surface area (Å²) in [5.74, 6) is -3.55. The lowest BCUT2D eigenvalue weighted by molar-refractivity contribution is -0.162. The lowest BCUT2D eigenvalue weighted by atomic mass is 9.97. The molecular formula is C8H14F2O2. The second kappa shape index (κ2) is 3.37. The van der Waals surface area contributed by atoms with Crippen LogP contribution in [-0.4, -0.2) is 18.5 Å². The van der Waals surface area contributed by atoms with Crippen LogP contribution in [0.25, 0.3) is 0 Å². The molecule has 0 aliphatic heterocycles. The van der Waals surface area contributed by atoms with Crippen LogP contribution in [0.4, 0.5) is 8.78 Å². The molecule has 0 saturated carbocycles. The minimum atomic E-state index is -2.94. The summed E-state index contributed by atoms with van der Waals surface area (Å²) in [6.07, 6.45) is 0. The number of halogens is 2. The molecule has 4 heteroatoms. The smallest absolute Gasteiger partial charge is 0.311 e. The van der Waals surface area contributed by atoms with Gasteiger partial charge in [-0.25, -0.2) is 8.78 Å². The van der Waals surface area contributed by atoms with Crippen LogP contribution in [0.3, 0.4) is 0 Å². The molecule has 0 saturated heterocycles. The molecule has 0 heterocycles. The first-order valence-corrected chi connectivity index (χ1v) is 3.68. The van der Waals surface area contributed by atoms with Gasteiger partial charge in [0.2, 0.25) is 0 Å². The second-order valence-electron chi connectivity index (χ2n) is 3.90. The van der Waals surface area contributed by atoms with Gasteiger partial charge in [0, 0.05) is 6.92 Å². The minimum Gasteiger partial charge on any atom is -0.459 e. The summed E-state index contributed by atoms with van der Waals surface area (Å²) >= 11 is 0. The molecule has 0 atom stereocenters. The van der Waals surface area contributed by atoms with Crippen molar-refractivity contribution in [3.05, 3.63) is 0 Å². The van der Waals surface area contributed by atoms with Gasteiger partial charge in [-0.15, -0.1) is 0 Å². The lowest BCUT2D eigenvalue weighted by Gasteiger charge is -2.18. The van der Waals surface area contributed by atoms with Gasteiger partial charge >= 0.3 is 5.97 Å². The molecule has 0 aliphatic carbocycles. The predicted molar refractivity (Wildman–Crippen MR) is 41.0 cm³/mol. The molecule has 2 nitrogen and oxygen atoms in total. The van der Waals surface area contributed by atoms with E-state index in [1.54, 1.807) is 20.8 Å². The maximum atomic E-state index is 12.2. The molecule has 0 radical (unpaired) electrons. The number of rotatable bonds is 2. The molecule has 0 unspecified atom stereocenters. The zero-order valence-electron chi connectivity index (χ0n) is 7.78. The molecular weight excluding hydrogens is 166 g/mol. The van der Waals surface area contributed by atoms with Gasteiger partial charge in [0.1, 0.15) is 0 Å². The van der Waals surface area contributed by atoms with E-state index in [1.165, 1.54) is 0 Å². The average Bonchev–Trinajstić information content (AvgIpc) is 1.78. The van der Waals surface area contributed by atoms with E-state index in [1.807, 2.05) is 0 Å². The van der Waals surface area contributed by atoms with Crippen LogP contribution in [0.5, 0.6) is 0 Å². The third kappa shape index (κ3) is 5.04. The molecule has 0 fully saturated rings. The Kier molecular flexibility index (Phi) is 3.18. The Balaban J connectivity index is 3.90. The van der Waals surface area contributed by atoms with Crippen LogP contribution in [0.15, 0.2) is 0 Å². The lowest BCUT2D eigenvalue weighted by Crippen LogP contribution is -2.28. The van der Waals surface area contributed by atoms with Crippen molar-refractivity contribution in [1.82, 2.24) is 0 Å². The zero-order valence-corrected chi connectivity index (χ0v) is 7.78. The second-order valence-corrected chi connectivity index (χ2v) is 3.90. The normalized spacial score (nSPS) is 12.8. The van der Waals surface area contributed by atoms with Gasteiger partial charge in [-0.3, -0.25) is 4.79 Å². The van der Waals surface area contributed by atoms with Gasteiger partial charge in [-0.05, 0) is 20.8 Å². The molecule has 0 aromatic carbocycles. The largest absolute Gasteiger partial charge is 0.459 e. The van der Waals surface area contributed by atoms with Crippen LogP contribution in [0, 0.1) is 5.41 Å². The molecule has 0 aromatic rings. The number of hydrogen-bond donors (Lipinski definition) is 0. The maximum absolute atomic E-state index is 12.2. The summed E-state index contributed by atoms with van der Waals surface area (Å²) < 4.78 is 28.8. The summed E-state index contributed by atoms with van der Waals surface area (Å²) in [7, 11) is 0. The molecule has 0 aromatic heterocycles. The molecule has 0 spiro atoms. The maximum Gasteiger partial charge on any atom is 0.311 e. The van der Waals surface area contributed by atoms with E-state index in [-0.39, 0.29) is 0 Å². The summed E-state index contributed by atoms with van der Waals surface area (Å²) in [5, 5.41) is 0. The Bertz CT molecular complexity index is 165. The van der Waals surface area contributed by atoms with Crippen molar-refractivity contribution in [3.63, 3.8) is 0 Å². The van der Waals surface area contributed by atoms with Gasteiger partial charge < -0.3 is 4.74 Å². The Hall–Kier alpha value is -0.670. The van der Waals surface area contributed by atoms with Crippen molar-refractivity contribution in [3.8, 4) is 0 Å². The molecule has 12 heavy (non-hydrogen) atoms. The molecule has 72 valence electrons. The first kappa shape index (κ1) is 11.3. The quantitative estimate of drug-likeness (QED) is 0.609. The van der Waals surface area contributed by atoms with Crippen LogP contribution in [0.2, 0.25) is 0 Å². The fourth-order valence-electron chi connectivity index (χ4n) is 0.409. The van der Waals surface area contributed by atoms with Crippen molar-refractivity contribution in [2.24, 2.45) is 5.41 Å². The monoisotopic (exact) mass is 180 g/mol. The van der Waals surface area contributed by atoms with Crippen LogP contribution in [0.1, 0.15) is 27.7 Å². The zero-order chi connectivity index (χ0) is 9.99. The Morgan fingerprint density at radius 2 is 1.67 bits per heavy atom. The van der Waals surface area contributed by atoms with E-state index in [0.717, 1.165) is 0 Å². The van der Waals surface area contributed by atoms with Crippen LogP contribution < -0.4 is 0 Å². The predicted octanol–water partition coefficient (Wildman–Crippen LogP) is 2.23. The summed E-state index contributed by atoms with van der Waals surface area (Å²) in [4.78, 5) is 11.0. The van der Waals surface area contributed by atoms with Crippen LogP contribution >= 0.6 is 0 Å². The van der Waals surface area contributed by atoms with E-state index >= 15 is 0 Å². The van der Waals surface area contributed by atoms with Gasteiger partial charge in [0.15, 0.2) is 6.61 Å². The number of esters is 1. The summed E-state index contributed by atoms with van der Waals surface area (Å²) in [5.41, 5.74) is -0.717. The number of hydrogen-bond acceptors (Lipinski definition) is 2. The molecule has 0 amide bonds.